The van der Waals surface area contributed by atoms with Crippen LogP contribution in [-0.2, 0) is 16.1 Å². The molecule has 1 amide bonds. The number of halogens is 1. The molecule has 3 aromatic rings. The Bertz CT molecular complexity index is 1190. The standard InChI is InChI=1S/C24H24ClN3O3S/c25-16-8-11-19-20(13-16)27-24(28(23(19)30)14-18-7-4-12-31-18)32-21(15-5-2-1-3-6-15)22(29)26-17-9-10-17/h1-3,5-6,8,11,13,17-18,21H,4,7,9-10,12,14H2,(H,26,29)/t18-,21+/m1/s1. The summed E-state index contributed by atoms with van der Waals surface area (Å²) in [5.74, 6) is -0.0622. The van der Waals surface area contributed by atoms with Gasteiger partial charge in [-0.1, -0.05) is 53.7 Å². The van der Waals surface area contributed by atoms with Crippen LogP contribution in [0.3, 0.4) is 0 Å². The van der Waals surface area contributed by atoms with E-state index in [0.29, 0.717) is 34.2 Å². The van der Waals surface area contributed by atoms with Gasteiger partial charge in [0.05, 0.1) is 23.6 Å². The maximum atomic E-state index is 13.4. The van der Waals surface area contributed by atoms with Crippen molar-refractivity contribution in [1.82, 2.24) is 14.9 Å². The summed E-state index contributed by atoms with van der Waals surface area (Å²) in [6.07, 6.45) is 3.87. The van der Waals surface area contributed by atoms with Crippen LogP contribution in [0.15, 0.2) is 58.5 Å². The van der Waals surface area contributed by atoms with Gasteiger partial charge in [-0.15, -0.1) is 0 Å². The third kappa shape index (κ3) is 4.70. The van der Waals surface area contributed by atoms with Crippen molar-refractivity contribution < 1.29 is 9.53 Å². The zero-order valence-electron chi connectivity index (χ0n) is 17.5. The van der Waals surface area contributed by atoms with Gasteiger partial charge in [0.1, 0.15) is 5.25 Å². The Kier molecular flexibility index (Phi) is 6.22. The molecule has 8 heteroatoms. The lowest BCUT2D eigenvalue weighted by atomic mass is 10.1. The number of nitrogens with one attached hydrogen (secondary N) is 1. The molecule has 0 unspecified atom stereocenters. The number of rotatable bonds is 7. The van der Waals surface area contributed by atoms with E-state index >= 15 is 0 Å². The predicted molar refractivity (Wildman–Crippen MR) is 126 cm³/mol. The fraction of sp³-hybridized carbons (Fsp3) is 0.375. The van der Waals surface area contributed by atoms with E-state index in [-0.39, 0.29) is 23.6 Å². The number of aromatic nitrogens is 2. The average molecular weight is 470 g/mol. The van der Waals surface area contributed by atoms with Crippen molar-refractivity contribution in [3.05, 3.63) is 69.5 Å². The Morgan fingerprint density at radius 3 is 2.75 bits per heavy atom. The Hall–Kier alpha value is -2.35. The molecule has 2 aliphatic rings. The summed E-state index contributed by atoms with van der Waals surface area (Å²) in [6, 6.07) is 15.0. The van der Waals surface area contributed by atoms with Crippen LogP contribution in [0, 0.1) is 0 Å². The molecule has 2 fully saturated rings. The SMILES string of the molecule is O=C(NC1CC1)[C@@H](Sc1nc2cc(Cl)ccc2c(=O)n1C[C@H]1CCCO1)c1ccccc1. The molecule has 0 bridgehead atoms. The smallest absolute Gasteiger partial charge is 0.262 e. The van der Waals surface area contributed by atoms with Crippen LogP contribution < -0.4 is 10.9 Å². The molecule has 1 aliphatic heterocycles. The van der Waals surface area contributed by atoms with Gasteiger partial charge >= 0.3 is 0 Å². The summed E-state index contributed by atoms with van der Waals surface area (Å²) < 4.78 is 7.46. The molecule has 0 spiro atoms. The molecule has 1 aliphatic carbocycles. The molecule has 1 aromatic heterocycles. The summed E-state index contributed by atoms with van der Waals surface area (Å²) >= 11 is 7.48. The van der Waals surface area contributed by atoms with E-state index in [0.717, 1.165) is 31.2 Å². The highest BCUT2D eigenvalue weighted by atomic mass is 35.5. The summed E-state index contributed by atoms with van der Waals surface area (Å²) in [6.45, 7) is 1.12. The average Bonchev–Trinajstić information content (AvgIpc) is 3.45. The number of carbonyl (C=O) groups is 1. The summed E-state index contributed by atoms with van der Waals surface area (Å²) in [4.78, 5) is 31.4. The third-order valence-electron chi connectivity index (χ3n) is 5.78. The minimum atomic E-state index is -0.518. The number of hydrogen-bond acceptors (Lipinski definition) is 5. The quantitative estimate of drug-likeness (QED) is 0.411. The molecule has 5 rings (SSSR count). The minimum absolute atomic E-state index is 0.0333. The summed E-state index contributed by atoms with van der Waals surface area (Å²) in [5, 5.41) is 4.11. The number of hydrogen-bond donors (Lipinski definition) is 1. The zero-order valence-corrected chi connectivity index (χ0v) is 19.1. The molecule has 1 saturated heterocycles. The van der Waals surface area contributed by atoms with Gasteiger partial charge in [0.2, 0.25) is 5.91 Å². The summed E-state index contributed by atoms with van der Waals surface area (Å²) in [5.41, 5.74) is 1.27. The van der Waals surface area contributed by atoms with Gasteiger partial charge in [-0.05, 0) is 49.4 Å². The summed E-state index contributed by atoms with van der Waals surface area (Å²) in [7, 11) is 0. The largest absolute Gasteiger partial charge is 0.376 e. The third-order valence-corrected chi connectivity index (χ3v) is 7.26. The van der Waals surface area contributed by atoms with Crippen molar-refractivity contribution in [3.8, 4) is 0 Å². The Balaban J connectivity index is 1.57. The topological polar surface area (TPSA) is 73.2 Å². The molecule has 2 atom stereocenters. The Morgan fingerprint density at radius 1 is 1.22 bits per heavy atom. The molecule has 32 heavy (non-hydrogen) atoms. The van der Waals surface area contributed by atoms with Crippen molar-refractivity contribution in [1.29, 1.82) is 0 Å². The monoisotopic (exact) mass is 469 g/mol. The second kappa shape index (κ2) is 9.25. The van der Waals surface area contributed by atoms with Crippen LogP contribution in [-0.4, -0.2) is 34.2 Å². The molecule has 1 N–H and O–H groups in total. The number of nitrogens with zero attached hydrogens (tertiary/aromatic N) is 2. The van der Waals surface area contributed by atoms with E-state index in [1.807, 2.05) is 30.3 Å². The Morgan fingerprint density at radius 2 is 2.03 bits per heavy atom. The normalized spacial score (nSPS) is 19.2. The highest BCUT2D eigenvalue weighted by Gasteiger charge is 2.31. The first kappa shape index (κ1) is 21.5. The number of thioether (sulfide) groups is 1. The highest BCUT2D eigenvalue weighted by Crippen LogP contribution is 2.36. The minimum Gasteiger partial charge on any atom is -0.376 e. The highest BCUT2D eigenvalue weighted by molar-refractivity contribution is 8.00. The molecule has 2 heterocycles. The van der Waals surface area contributed by atoms with Crippen molar-refractivity contribution in [2.75, 3.05) is 6.61 Å². The van der Waals surface area contributed by atoms with E-state index < -0.39 is 5.25 Å². The number of ether oxygens (including phenoxy) is 1. The number of benzene rings is 2. The molecule has 6 nitrogen and oxygen atoms in total. The molecule has 166 valence electrons. The van der Waals surface area contributed by atoms with Crippen LogP contribution in [0.5, 0.6) is 0 Å². The second-order valence-corrected chi connectivity index (χ2v) is 9.81. The van der Waals surface area contributed by atoms with Crippen LogP contribution in [0.4, 0.5) is 0 Å². The fourth-order valence-electron chi connectivity index (χ4n) is 3.93. The second-order valence-electron chi connectivity index (χ2n) is 8.30. The van der Waals surface area contributed by atoms with E-state index in [9.17, 15) is 9.59 Å². The first-order chi connectivity index (χ1) is 15.6. The van der Waals surface area contributed by atoms with Crippen molar-refractivity contribution in [2.45, 2.75) is 54.8 Å². The number of fused-ring (bicyclic) bond motifs is 1. The van der Waals surface area contributed by atoms with E-state index in [1.54, 1.807) is 22.8 Å². The maximum absolute atomic E-state index is 13.4. The van der Waals surface area contributed by atoms with Gasteiger partial charge in [-0.25, -0.2) is 4.98 Å². The fourth-order valence-corrected chi connectivity index (χ4v) is 5.21. The molecule has 0 radical (unpaired) electrons. The molecular formula is C24H24ClN3O3S. The number of amides is 1. The molecular weight excluding hydrogens is 446 g/mol. The van der Waals surface area contributed by atoms with Gasteiger partial charge in [0, 0.05) is 17.7 Å². The lowest BCUT2D eigenvalue weighted by Gasteiger charge is -2.21. The van der Waals surface area contributed by atoms with Crippen LogP contribution >= 0.6 is 23.4 Å². The van der Waals surface area contributed by atoms with Gasteiger partial charge in [-0.2, -0.15) is 0 Å². The Labute approximate surface area is 195 Å². The van der Waals surface area contributed by atoms with Crippen molar-refractivity contribution in [3.63, 3.8) is 0 Å². The number of carbonyl (C=O) groups excluding carboxylic acids is 1. The van der Waals surface area contributed by atoms with Crippen LogP contribution in [0.1, 0.15) is 36.5 Å². The lowest BCUT2D eigenvalue weighted by Crippen LogP contribution is -2.32. The maximum Gasteiger partial charge on any atom is 0.262 e. The van der Waals surface area contributed by atoms with Gasteiger partial charge in [0.25, 0.3) is 5.56 Å². The van der Waals surface area contributed by atoms with Crippen molar-refractivity contribution >= 4 is 40.2 Å². The van der Waals surface area contributed by atoms with E-state index in [4.69, 9.17) is 21.3 Å². The first-order valence-corrected chi connectivity index (χ1v) is 12.2. The molecule has 1 saturated carbocycles. The zero-order chi connectivity index (χ0) is 22.1. The van der Waals surface area contributed by atoms with Gasteiger partial charge in [-0.3, -0.25) is 14.2 Å². The molecule has 2 aromatic carbocycles. The van der Waals surface area contributed by atoms with Crippen LogP contribution in [0.25, 0.3) is 10.9 Å². The van der Waals surface area contributed by atoms with E-state index in [2.05, 4.69) is 5.32 Å². The van der Waals surface area contributed by atoms with Crippen LogP contribution in [0.2, 0.25) is 5.02 Å². The van der Waals surface area contributed by atoms with E-state index in [1.165, 1.54) is 11.8 Å². The van der Waals surface area contributed by atoms with Gasteiger partial charge < -0.3 is 10.1 Å². The lowest BCUT2D eigenvalue weighted by molar-refractivity contribution is -0.120. The van der Waals surface area contributed by atoms with Gasteiger partial charge in [0.15, 0.2) is 5.16 Å². The van der Waals surface area contributed by atoms with Crippen molar-refractivity contribution in [2.24, 2.45) is 0 Å². The first-order valence-electron chi connectivity index (χ1n) is 10.9. The predicted octanol–water partition coefficient (Wildman–Crippen LogP) is 4.34.